The number of ether oxygens (including phenoxy) is 1. The van der Waals surface area contributed by atoms with Gasteiger partial charge in [-0.05, 0) is 43.2 Å². The maximum atomic E-state index is 11.8. The summed E-state index contributed by atoms with van der Waals surface area (Å²) in [7, 11) is 0. The second kappa shape index (κ2) is 7.92. The van der Waals surface area contributed by atoms with Crippen molar-refractivity contribution < 1.29 is 14.3 Å². The zero-order valence-electron chi connectivity index (χ0n) is 13.1. The largest absolute Gasteiger partial charge is 0.455 e. The molecule has 2 aromatic carbocycles. The van der Waals surface area contributed by atoms with E-state index in [1.165, 1.54) is 0 Å². The summed E-state index contributed by atoms with van der Waals surface area (Å²) in [5.74, 6) is -0.776. The van der Waals surface area contributed by atoms with Gasteiger partial charge in [-0.15, -0.1) is 0 Å². The highest BCUT2D eigenvalue weighted by Crippen LogP contribution is 2.19. The van der Waals surface area contributed by atoms with Gasteiger partial charge in [-0.2, -0.15) is 0 Å². The van der Waals surface area contributed by atoms with Crippen LogP contribution >= 0.6 is 15.9 Å². The predicted molar refractivity (Wildman–Crippen MR) is 93.4 cm³/mol. The summed E-state index contributed by atoms with van der Waals surface area (Å²) in [4.78, 5) is 23.6. The number of rotatable bonds is 5. The Hall–Kier alpha value is -2.14. The first-order chi connectivity index (χ1) is 10.9. The summed E-state index contributed by atoms with van der Waals surface area (Å²) in [5, 5.41) is 2.70. The average Bonchev–Trinajstić information content (AvgIpc) is 2.49. The van der Waals surface area contributed by atoms with Gasteiger partial charge in [-0.1, -0.05) is 45.8 Å². The second-order valence-corrected chi connectivity index (χ2v) is 6.19. The Morgan fingerprint density at radius 2 is 1.91 bits per heavy atom. The summed E-state index contributed by atoms with van der Waals surface area (Å²) in [5.41, 5.74) is 3.64. The van der Waals surface area contributed by atoms with Crippen LogP contribution in [0.1, 0.15) is 16.7 Å². The molecule has 2 aromatic rings. The highest BCUT2D eigenvalue weighted by molar-refractivity contribution is 9.10. The molecule has 0 heterocycles. The van der Waals surface area contributed by atoms with E-state index in [-0.39, 0.29) is 18.9 Å². The average molecular weight is 376 g/mol. The first kappa shape index (κ1) is 17.2. The van der Waals surface area contributed by atoms with Crippen molar-refractivity contribution in [1.82, 2.24) is 0 Å². The molecule has 0 fully saturated rings. The van der Waals surface area contributed by atoms with Crippen LogP contribution in [-0.2, 0) is 20.7 Å². The number of amides is 1. The lowest BCUT2D eigenvalue weighted by molar-refractivity contribution is -0.146. The lowest BCUT2D eigenvalue weighted by Crippen LogP contribution is -2.21. The molecule has 1 amide bonds. The van der Waals surface area contributed by atoms with Gasteiger partial charge >= 0.3 is 5.97 Å². The number of nitrogens with one attached hydrogen (secondary N) is 1. The fourth-order valence-electron chi connectivity index (χ4n) is 2.11. The van der Waals surface area contributed by atoms with Crippen LogP contribution in [-0.4, -0.2) is 18.5 Å². The summed E-state index contributed by atoms with van der Waals surface area (Å²) < 4.78 is 5.99. The Labute approximate surface area is 144 Å². The minimum Gasteiger partial charge on any atom is -0.455 e. The van der Waals surface area contributed by atoms with Crippen LogP contribution in [0.15, 0.2) is 46.9 Å². The molecular weight excluding hydrogens is 358 g/mol. The van der Waals surface area contributed by atoms with Crippen LogP contribution in [0, 0.1) is 13.8 Å². The molecule has 0 unspecified atom stereocenters. The molecule has 0 aliphatic heterocycles. The molecule has 0 aromatic heterocycles. The zero-order chi connectivity index (χ0) is 16.8. The molecule has 0 atom stereocenters. The van der Waals surface area contributed by atoms with Gasteiger partial charge in [0.1, 0.15) is 0 Å². The Morgan fingerprint density at radius 3 is 2.61 bits per heavy atom. The van der Waals surface area contributed by atoms with Gasteiger partial charge in [0.25, 0.3) is 5.91 Å². The summed E-state index contributed by atoms with van der Waals surface area (Å²) in [6.45, 7) is 3.60. The summed E-state index contributed by atoms with van der Waals surface area (Å²) in [6.07, 6.45) is 0.159. The van der Waals surface area contributed by atoms with E-state index in [2.05, 4.69) is 21.2 Å². The molecule has 23 heavy (non-hydrogen) atoms. The highest BCUT2D eigenvalue weighted by atomic mass is 79.9. The number of anilines is 1. The number of aryl methyl sites for hydroxylation is 2. The molecule has 0 bridgehead atoms. The van der Waals surface area contributed by atoms with Crippen molar-refractivity contribution in [3.05, 3.63) is 63.6 Å². The maximum Gasteiger partial charge on any atom is 0.310 e. The second-order valence-electron chi connectivity index (χ2n) is 5.34. The minimum absolute atomic E-state index is 0.159. The predicted octanol–water partition coefficient (Wildman–Crippen LogP) is 3.79. The lowest BCUT2D eigenvalue weighted by Gasteiger charge is -2.08. The first-order valence-corrected chi connectivity index (χ1v) is 8.00. The molecule has 120 valence electrons. The molecule has 1 N–H and O–H groups in total. The first-order valence-electron chi connectivity index (χ1n) is 7.21. The van der Waals surface area contributed by atoms with Gasteiger partial charge in [0.2, 0.25) is 0 Å². The van der Waals surface area contributed by atoms with Gasteiger partial charge in [0.05, 0.1) is 6.42 Å². The molecule has 0 saturated carbocycles. The maximum absolute atomic E-state index is 11.8. The van der Waals surface area contributed by atoms with E-state index in [1.807, 2.05) is 50.2 Å². The van der Waals surface area contributed by atoms with Gasteiger partial charge in [-0.25, -0.2) is 0 Å². The molecular formula is C18H18BrNO3. The number of carbonyl (C=O) groups excluding carboxylic acids is 2. The van der Waals surface area contributed by atoms with Crippen molar-refractivity contribution in [1.29, 1.82) is 0 Å². The van der Waals surface area contributed by atoms with Crippen molar-refractivity contribution >= 4 is 33.5 Å². The summed E-state index contributed by atoms with van der Waals surface area (Å²) in [6, 6.07) is 13.1. The number of hydrogen-bond donors (Lipinski definition) is 1. The topological polar surface area (TPSA) is 55.4 Å². The Morgan fingerprint density at radius 1 is 1.13 bits per heavy atom. The van der Waals surface area contributed by atoms with E-state index >= 15 is 0 Å². The lowest BCUT2D eigenvalue weighted by atomic mass is 10.1. The molecule has 0 saturated heterocycles. The Bertz CT molecular complexity index is 728. The van der Waals surface area contributed by atoms with Crippen molar-refractivity contribution in [2.75, 3.05) is 11.9 Å². The van der Waals surface area contributed by atoms with Crippen LogP contribution in [0.25, 0.3) is 0 Å². The standard InChI is InChI=1S/C18H18BrNO3/c1-12-4-3-5-14(8-12)10-18(22)23-11-17(21)20-15-6-7-16(19)13(2)9-15/h3-9H,10-11H2,1-2H3,(H,20,21). The molecule has 4 nitrogen and oxygen atoms in total. The third-order valence-corrected chi connectivity index (χ3v) is 4.13. The number of hydrogen-bond acceptors (Lipinski definition) is 3. The minimum atomic E-state index is -0.419. The number of benzene rings is 2. The van der Waals surface area contributed by atoms with Gasteiger partial charge in [0, 0.05) is 10.2 Å². The summed E-state index contributed by atoms with van der Waals surface area (Å²) >= 11 is 3.40. The molecule has 5 heteroatoms. The van der Waals surface area contributed by atoms with Crippen molar-refractivity contribution in [3.8, 4) is 0 Å². The smallest absolute Gasteiger partial charge is 0.310 e. The SMILES string of the molecule is Cc1cccc(CC(=O)OCC(=O)Nc2ccc(Br)c(C)c2)c1. The third-order valence-electron chi connectivity index (χ3n) is 3.24. The van der Waals surface area contributed by atoms with Gasteiger partial charge in [-0.3, -0.25) is 9.59 Å². The van der Waals surface area contributed by atoms with E-state index < -0.39 is 5.97 Å². The number of carbonyl (C=O) groups is 2. The highest BCUT2D eigenvalue weighted by Gasteiger charge is 2.09. The van der Waals surface area contributed by atoms with Crippen molar-refractivity contribution in [3.63, 3.8) is 0 Å². The van der Waals surface area contributed by atoms with Crippen LogP contribution in [0.5, 0.6) is 0 Å². The van der Waals surface area contributed by atoms with Crippen LogP contribution < -0.4 is 5.32 Å². The van der Waals surface area contributed by atoms with E-state index in [9.17, 15) is 9.59 Å². The fraction of sp³-hybridized carbons (Fsp3) is 0.222. The molecule has 2 rings (SSSR count). The van der Waals surface area contributed by atoms with E-state index in [0.717, 1.165) is 21.2 Å². The number of halogens is 1. The zero-order valence-corrected chi connectivity index (χ0v) is 14.6. The van der Waals surface area contributed by atoms with Crippen molar-refractivity contribution in [2.45, 2.75) is 20.3 Å². The molecule has 0 radical (unpaired) electrons. The van der Waals surface area contributed by atoms with Crippen LogP contribution in [0.3, 0.4) is 0 Å². The van der Waals surface area contributed by atoms with Crippen LogP contribution in [0.4, 0.5) is 5.69 Å². The van der Waals surface area contributed by atoms with Gasteiger partial charge in [0.15, 0.2) is 6.61 Å². The molecule has 0 spiro atoms. The van der Waals surface area contributed by atoms with Gasteiger partial charge < -0.3 is 10.1 Å². The molecule has 0 aliphatic carbocycles. The quantitative estimate of drug-likeness (QED) is 0.808. The third kappa shape index (κ3) is 5.53. The normalized spacial score (nSPS) is 10.2. The Kier molecular flexibility index (Phi) is 5.93. The van der Waals surface area contributed by atoms with Crippen molar-refractivity contribution in [2.24, 2.45) is 0 Å². The van der Waals surface area contributed by atoms with E-state index in [0.29, 0.717) is 5.69 Å². The number of esters is 1. The Balaban J connectivity index is 1.81. The molecule has 0 aliphatic rings. The van der Waals surface area contributed by atoms with E-state index in [4.69, 9.17) is 4.74 Å². The van der Waals surface area contributed by atoms with Crippen LogP contribution in [0.2, 0.25) is 0 Å². The van der Waals surface area contributed by atoms with E-state index in [1.54, 1.807) is 6.07 Å². The monoisotopic (exact) mass is 375 g/mol. The fourth-order valence-corrected chi connectivity index (χ4v) is 2.35.